The van der Waals surface area contributed by atoms with E-state index in [2.05, 4.69) is 20.5 Å². The minimum Gasteiger partial charge on any atom is -0.325 e. The number of para-hydroxylation sites is 1. The van der Waals surface area contributed by atoms with Crippen LogP contribution in [0.15, 0.2) is 65.7 Å². The van der Waals surface area contributed by atoms with E-state index in [0.29, 0.717) is 5.03 Å². The van der Waals surface area contributed by atoms with Crippen molar-refractivity contribution < 1.29 is 4.79 Å². The Hall–Kier alpha value is -2.77. The summed E-state index contributed by atoms with van der Waals surface area (Å²) in [6.45, 7) is 1.97. The standard InChI is InChI=1S/C20H16N4OS2/c1-13-21-18-19(27-13)17(14-8-4-2-5-9-14)23-24-20(18)26-12-16(25)22-15-10-6-3-7-11-15/h2-11H,12H2,1H3,(H,22,25). The number of anilines is 1. The van der Waals surface area contributed by atoms with Crippen molar-refractivity contribution in [3.05, 3.63) is 65.7 Å². The van der Waals surface area contributed by atoms with Crippen LogP contribution in [0.5, 0.6) is 0 Å². The highest BCUT2D eigenvalue weighted by atomic mass is 32.2. The van der Waals surface area contributed by atoms with E-state index in [1.165, 1.54) is 11.8 Å². The molecule has 5 nitrogen and oxygen atoms in total. The number of benzene rings is 2. The van der Waals surface area contributed by atoms with Gasteiger partial charge in [0.2, 0.25) is 5.91 Å². The lowest BCUT2D eigenvalue weighted by atomic mass is 10.1. The molecule has 2 aromatic carbocycles. The van der Waals surface area contributed by atoms with Crippen molar-refractivity contribution in [1.82, 2.24) is 15.2 Å². The quantitative estimate of drug-likeness (QED) is 0.495. The minimum atomic E-state index is -0.0831. The second-order valence-corrected chi connectivity index (χ2v) is 8.00. The molecular weight excluding hydrogens is 376 g/mol. The number of amides is 1. The van der Waals surface area contributed by atoms with Gasteiger partial charge in [0.15, 0.2) is 0 Å². The molecule has 0 radical (unpaired) electrons. The molecule has 0 atom stereocenters. The molecule has 0 aliphatic carbocycles. The number of aromatic nitrogens is 3. The molecule has 0 saturated heterocycles. The van der Waals surface area contributed by atoms with Gasteiger partial charge in [-0.3, -0.25) is 4.79 Å². The number of fused-ring (bicyclic) bond motifs is 1. The van der Waals surface area contributed by atoms with Crippen LogP contribution in [-0.2, 0) is 4.79 Å². The molecule has 0 spiro atoms. The molecule has 1 N–H and O–H groups in total. The van der Waals surface area contributed by atoms with Crippen LogP contribution in [0, 0.1) is 6.92 Å². The van der Waals surface area contributed by atoms with E-state index in [4.69, 9.17) is 0 Å². The van der Waals surface area contributed by atoms with E-state index >= 15 is 0 Å². The third kappa shape index (κ3) is 3.99. The molecule has 7 heteroatoms. The monoisotopic (exact) mass is 392 g/mol. The Morgan fingerprint density at radius 2 is 1.74 bits per heavy atom. The largest absolute Gasteiger partial charge is 0.325 e. The van der Waals surface area contributed by atoms with Gasteiger partial charge in [0.25, 0.3) is 0 Å². The van der Waals surface area contributed by atoms with E-state index in [0.717, 1.165) is 32.2 Å². The van der Waals surface area contributed by atoms with Gasteiger partial charge in [-0.15, -0.1) is 21.5 Å². The Balaban J connectivity index is 1.57. The maximum absolute atomic E-state index is 12.2. The second-order valence-electron chi connectivity index (χ2n) is 5.83. The number of carbonyl (C=O) groups is 1. The van der Waals surface area contributed by atoms with Gasteiger partial charge >= 0.3 is 0 Å². The molecule has 4 rings (SSSR count). The summed E-state index contributed by atoms with van der Waals surface area (Å²) >= 11 is 2.95. The van der Waals surface area contributed by atoms with E-state index in [9.17, 15) is 4.79 Å². The zero-order valence-corrected chi connectivity index (χ0v) is 16.2. The van der Waals surface area contributed by atoms with Crippen molar-refractivity contribution >= 4 is 44.9 Å². The first kappa shape index (κ1) is 17.6. The summed E-state index contributed by atoms with van der Waals surface area (Å²) in [5.74, 6) is 0.167. The number of nitrogens with one attached hydrogen (secondary N) is 1. The Bertz CT molecular complexity index is 1080. The first-order chi connectivity index (χ1) is 13.2. The van der Waals surface area contributed by atoms with Gasteiger partial charge in [-0.05, 0) is 19.1 Å². The van der Waals surface area contributed by atoms with Crippen molar-refractivity contribution in [1.29, 1.82) is 0 Å². The summed E-state index contributed by atoms with van der Waals surface area (Å²) in [7, 11) is 0. The van der Waals surface area contributed by atoms with Gasteiger partial charge in [0.1, 0.15) is 16.2 Å². The van der Waals surface area contributed by atoms with Crippen molar-refractivity contribution in [3.8, 4) is 11.3 Å². The lowest BCUT2D eigenvalue weighted by molar-refractivity contribution is -0.113. The predicted molar refractivity (Wildman–Crippen MR) is 111 cm³/mol. The first-order valence-corrected chi connectivity index (χ1v) is 10.2. The van der Waals surface area contributed by atoms with E-state index in [1.54, 1.807) is 11.3 Å². The summed E-state index contributed by atoms with van der Waals surface area (Å²) in [5.41, 5.74) is 3.43. The van der Waals surface area contributed by atoms with E-state index < -0.39 is 0 Å². The molecule has 0 aliphatic heterocycles. The van der Waals surface area contributed by atoms with Crippen molar-refractivity contribution in [2.75, 3.05) is 11.1 Å². The SMILES string of the molecule is Cc1nc2c(SCC(=O)Nc3ccccc3)nnc(-c3ccccc3)c2s1. The molecule has 0 aliphatic rings. The number of hydrogen-bond donors (Lipinski definition) is 1. The van der Waals surface area contributed by atoms with Crippen molar-refractivity contribution in [2.24, 2.45) is 0 Å². The molecule has 4 aromatic rings. The Morgan fingerprint density at radius 1 is 1.04 bits per heavy atom. The van der Waals surface area contributed by atoms with Gasteiger partial charge in [0.05, 0.1) is 15.5 Å². The molecule has 2 aromatic heterocycles. The molecule has 27 heavy (non-hydrogen) atoms. The Morgan fingerprint density at radius 3 is 2.48 bits per heavy atom. The van der Waals surface area contributed by atoms with E-state index in [-0.39, 0.29) is 11.7 Å². The fourth-order valence-electron chi connectivity index (χ4n) is 2.66. The smallest absolute Gasteiger partial charge is 0.234 e. The normalized spacial score (nSPS) is 10.9. The zero-order valence-electron chi connectivity index (χ0n) is 14.5. The number of hydrogen-bond acceptors (Lipinski definition) is 6. The van der Waals surface area contributed by atoms with Gasteiger partial charge in [-0.25, -0.2) is 4.98 Å². The van der Waals surface area contributed by atoms with Crippen LogP contribution in [0.2, 0.25) is 0 Å². The third-order valence-corrected chi connectivity index (χ3v) is 5.77. The molecular formula is C20H16N4OS2. The topological polar surface area (TPSA) is 67.8 Å². The van der Waals surface area contributed by atoms with Crippen LogP contribution in [0.4, 0.5) is 5.69 Å². The number of thiazole rings is 1. The summed E-state index contributed by atoms with van der Waals surface area (Å²) in [5, 5.41) is 13.3. The number of nitrogens with zero attached hydrogens (tertiary/aromatic N) is 3. The lowest BCUT2D eigenvalue weighted by Crippen LogP contribution is -2.14. The first-order valence-electron chi connectivity index (χ1n) is 8.37. The lowest BCUT2D eigenvalue weighted by Gasteiger charge is -2.06. The van der Waals surface area contributed by atoms with Crippen molar-refractivity contribution in [3.63, 3.8) is 0 Å². The van der Waals surface area contributed by atoms with Gasteiger partial charge in [-0.1, -0.05) is 60.3 Å². The molecule has 1 amide bonds. The molecule has 134 valence electrons. The van der Waals surface area contributed by atoms with Crippen LogP contribution in [0.25, 0.3) is 21.5 Å². The predicted octanol–water partition coefficient (Wildman–Crippen LogP) is 4.79. The Labute approximate surface area is 164 Å². The third-order valence-electron chi connectivity index (χ3n) is 3.84. The fourth-order valence-corrected chi connectivity index (χ4v) is 4.37. The van der Waals surface area contributed by atoms with Crippen molar-refractivity contribution in [2.45, 2.75) is 11.9 Å². The molecule has 0 unspecified atom stereocenters. The van der Waals surface area contributed by atoms with Gasteiger partial charge in [-0.2, -0.15) is 0 Å². The molecule has 2 heterocycles. The molecule has 0 bridgehead atoms. The Kier molecular flexibility index (Phi) is 5.13. The number of thioether (sulfide) groups is 1. The minimum absolute atomic E-state index is 0.0831. The zero-order chi connectivity index (χ0) is 18.6. The second kappa shape index (κ2) is 7.85. The number of rotatable bonds is 5. The summed E-state index contributed by atoms with van der Waals surface area (Å²) < 4.78 is 1.000. The highest BCUT2D eigenvalue weighted by molar-refractivity contribution is 8.00. The maximum Gasteiger partial charge on any atom is 0.234 e. The van der Waals surface area contributed by atoms with E-state index in [1.807, 2.05) is 67.6 Å². The number of carbonyl (C=O) groups excluding carboxylic acids is 1. The molecule has 0 saturated carbocycles. The summed E-state index contributed by atoms with van der Waals surface area (Å²) in [6, 6.07) is 19.4. The summed E-state index contributed by atoms with van der Waals surface area (Å²) in [4.78, 5) is 16.8. The number of aryl methyl sites for hydroxylation is 1. The van der Waals surface area contributed by atoms with Gasteiger partial charge in [0, 0.05) is 11.3 Å². The maximum atomic E-state index is 12.2. The summed E-state index contributed by atoms with van der Waals surface area (Å²) in [6.07, 6.45) is 0. The van der Waals surface area contributed by atoms with Gasteiger partial charge < -0.3 is 5.32 Å². The van der Waals surface area contributed by atoms with Crippen LogP contribution in [0.1, 0.15) is 5.01 Å². The van der Waals surface area contributed by atoms with Crippen LogP contribution in [0.3, 0.4) is 0 Å². The average Bonchev–Trinajstić information content (AvgIpc) is 3.09. The highest BCUT2D eigenvalue weighted by Crippen LogP contribution is 2.35. The van der Waals surface area contributed by atoms with Crippen LogP contribution >= 0.6 is 23.1 Å². The van der Waals surface area contributed by atoms with Crippen LogP contribution in [-0.4, -0.2) is 26.8 Å². The average molecular weight is 393 g/mol. The fraction of sp³-hybridized carbons (Fsp3) is 0.100. The molecule has 0 fully saturated rings. The highest BCUT2D eigenvalue weighted by Gasteiger charge is 2.16. The van der Waals surface area contributed by atoms with Crippen LogP contribution < -0.4 is 5.32 Å².